The molecule has 0 aliphatic carbocycles. The molecule has 3 N–H and O–H groups in total. The van der Waals surface area contributed by atoms with Crippen LogP contribution < -0.4 is 10.6 Å². The lowest BCUT2D eigenvalue weighted by Crippen LogP contribution is -2.43. The molecule has 0 aromatic heterocycles. The standard InChI is InChI=1S/C14H20N2O3/c1-9(2)13(8-17)16-14(19)15-12-6-4-5-11(7-12)10(3)18/h4-7,9,13,17H,8H2,1-3H3,(H2,15,16,19)/t13-/m1/s1. The molecule has 1 aromatic rings. The van der Waals surface area contributed by atoms with Gasteiger partial charge in [-0.15, -0.1) is 0 Å². The zero-order valence-corrected chi connectivity index (χ0v) is 11.4. The predicted molar refractivity (Wildman–Crippen MR) is 74.3 cm³/mol. The van der Waals surface area contributed by atoms with Crippen LogP contribution in [0.5, 0.6) is 0 Å². The SMILES string of the molecule is CC(=O)c1cccc(NC(=O)N[C@H](CO)C(C)C)c1. The molecule has 1 aromatic carbocycles. The summed E-state index contributed by atoms with van der Waals surface area (Å²) in [5.41, 5.74) is 1.09. The maximum atomic E-state index is 11.7. The van der Waals surface area contributed by atoms with Gasteiger partial charge >= 0.3 is 6.03 Å². The maximum absolute atomic E-state index is 11.7. The van der Waals surface area contributed by atoms with Crippen molar-refractivity contribution in [1.82, 2.24) is 5.32 Å². The van der Waals surface area contributed by atoms with Crippen molar-refractivity contribution in [3.8, 4) is 0 Å². The zero-order chi connectivity index (χ0) is 14.4. The minimum atomic E-state index is -0.395. The van der Waals surface area contributed by atoms with Crippen LogP contribution in [0.1, 0.15) is 31.1 Å². The van der Waals surface area contributed by atoms with Crippen LogP contribution in [0.25, 0.3) is 0 Å². The minimum absolute atomic E-state index is 0.0560. The number of hydrogen-bond donors (Lipinski definition) is 3. The summed E-state index contributed by atoms with van der Waals surface area (Å²) >= 11 is 0. The average Bonchev–Trinajstić information content (AvgIpc) is 2.35. The van der Waals surface area contributed by atoms with Gasteiger partial charge in [-0.25, -0.2) is 4.79 Å². The van der Waals surface area contributed by atoms with Crippen LogP contribution in [0.3, 0.4) is 0 Å². The smallest absolute Gasteiger partial charge is 0.319 e. The van der Waals surface area contributed by atoms with Crippen molar-refractivity contribution in [2.45, 2.75) is 26.8 Å². The number of urea groups is 1. The van der Waals surface area contributed by atoms with Crippen molar-refractivity contribution in [3.05, 3.63) is 29.8 Å². The first kappa shape index (κ1) is 15.2. The summed E-state index contributed by atoms with van der Waals surface area (Å²) in [7, 11) is 0. The largest absolute Gasteiger partial charge is 0.394 e. The highest BCUT2D eigenvalue weighted by Gasteiger charge is 2.15. The molecule has 0 bridgehead atoms. The molecule has 5 heteroatoms. The third-order valence-electron chi connectivity index (χ3n) is 2.84. The number of ketones is 1. The Morgan fingerprint density at radius 2 is 2.00 bits per heavy atom. The van der Waals surface area contributed by atoms with Gasteiger partial charge in [0.15, 0.2) is 5.78 Å². The molecule has 0 unspecified atom stereocenters. The van der Waals surface area contributed by atoms with E-state index >= 15 is 0 Å². The molecule has 0 aliphatic rings. The number of benzene rings is 1. The molecule has 2 amide bonds. The van der Waals surface area contributed by atoms with Gasteiger partial charge in [-0.2, -0.15) is 0 Å². The van der Waals surface area contributed by atoms with E-state index in [2.05, 4.69) is 10.6 Å². The van der Waals surface area contributed by atoms with Gasteiger partial charge in [-0.05, 0) is 25.0 Å². The Bertz CT molecular complexity index is 458. The fourth-order valence-electron chi connectivity index (χ4n) is 1.57. The van der Waals surface area contributed by atoms with E-state index in [0.29, 0.717) is 11.3 Å². The molecular weight excluding hydrogens is 244 g/mol. The molecule has 0 aliphatic heterocycles. The third kappa shape index (κ3) is 4.71. The summed E-state index contributed by atoms with van der Waals surface area (Å²) in [5, 5.41) is 14.5. The van der Waals surface area contributed by atoms with Crippen LogP contribution in [0.4, 0.5) is 10.5 Å². The van der Waals surface area contributed by atoms with E-state index in [0.717, 1.165) is 0 Å². The fourth-order valence-corrected chi connectivity index (χ4v) is 1.57. The first-order chi connectivity index (χ1) is 8.93. The number of anilines is 1. The quantitative estimate of drug-likeness (QED) is 0.712. The molecule has 0 radical (unpaired) electrons. The Kier molecular flexibility index (Phi) is 5.51. The van der Waals surface area contributed by atoms with Gasteiger partial charge in [0.25, 0.3) is 0 Å². The third-order valence-corrected chi connectivity index (χ3v) is 2.84. The first-order valence-electron chi connectivity index (χ1n) is 6.23. The number of aliphatic hydroxyl groups is 1. The summed E-state index contributed by atoms with van der Waals surface area (Å²) in [6, 6.07) is 6.03. The van der Waals surface area contributed by atoms with Gasteiger partial charge in [-0.3, -0.25) is 4.79 Å². The number of aliphatic hydroxyl groups excluding tert-OH is 1. The van der Waals surface area contributed by atoms with Crippen molar-refractivity contribution in [3.63, 3.8) is 0 Å². The second-order valence-electron chi connectivity index (χ2n) is 4.77. The topological polar surface area (TPSA) is 78.4 Å². The van der Waals surface area contributed by atoms with Crippen molar-refractivity contribution >= 4 is 17.5 Å². The fraction of sp³-hybridized carbons (Fsp3) is 0.429. The molecule has 5 nitrogen and oxygen atoms in total. The Balaban J connectivity index is 2.66. The van der Waals surface area contributed by atoms with Gasteiger partial charge in [0, 0.05) is 11.3 Å². The summed E-state index contributed by atoms with van der Waals surface area (Å²) in [6.07, 6.45) is 0. The Hall–Kier alpha value is -1.88. The molecule has 0 saturated heterocycles. The lowest BCUT2D eigenvalue weighted by atomic mass is 10.1. The molecule has 0 heterocycles. The highest BCUT2D eigenvalue weighted by atomic mass is 16.3. The predicted octanol–water partition coefficient (Wildman–Crippen LogP) is 2.03. The van der Waals surface area contributed by atoms with Crippen LogP contribution in [0.2, 0.25) is 0 Å². The van der Waals surface area contributed by atoms with E-state index in [-0.39, 0.29) is 24.3 Å². The van der Waals surface area contributed by atoms with Gasteiger partial charge in [-0.1, -0.05) is 26.0 Å². The lowest BCUT2D eigenvalue weighted by molar-refractivity contribution is 0.101. The van der Waals surface area contributed by atoms with E-state index in [4.69, 9.17) is 5.11 Å². The first-order valence-corrected chi connectivity index (χ1v) is 6.23. The number of amides is 2. The van der Waals surface area contributed by atoms with E-state index < -0.39 is 6.03 Å². The van der Waals surface area contributed by atoms with E-state index in [1.54, 1.807) is 24.3 Å². The normalized spacial score (nSPS) is 12.1. The number of rotatable bonds is 5. The molecule has 0 spiro atoms. The Labute approximate surface area is 113 Å². The van der Waals surface area contributed by atoms with Gasteiger partial charge in [0.2, 0.25) is 0 Å². The van der Waals surface area contributed by atoms with Crippen molar-refractivity contribution in [2.75, 3.05) is 11.9 Å². The molecule has 104 valence electrons. The van der Waals surface area contributed by atoms with Crippen molar-refractivity contribution < 1.29 is 14.7 Å². The van der Waals surface area contributed by atoms with Crippen LogP contribution in [0, 0.1) is 5.92 Å². The highest BCUT2D eigenvalue weighted by molar-refractivity contribution is 5.96. The molecule has 0 saturated carbocycles. The molecule has 1 rings (SSSR count). The molecule has 19 heavy (non-hydrogen) atoms. The minimum Gasteiger partial charge on any atom is -0.394 e. The van der Waals surface area contributed by atoms with Crippen LogP contribution in [-0.2, 0) is 0 Å². The van der Waals surface area contributed by atoms with Gasteiger partial charge < -0.3 is 15.7 Å². The second kappa shape index (κ2) is 6.89. The Morgan fingerprint density at radius 3 is 2.53 bits per heavy atom. The summed E-state index contributed by atoms with van der Waals surface area (Å²) < 4.78 is 0. The summed E-state index contributed by atoms with van der Waals surface area (Å²) in [4.78, 5) is 23.0. The van der Waals surface area contributed by atoms with Crippen LogP contribution in [0.15, 0.2) is 24.3 Å². The number of carbonyl (C=O) groups is 2. The lowest BCUT2D eigenvalue weighted by Gasteiger charge is -2.20. The van der Waals surface area contributed by atoms with Crippen LogP contribution >= 0.6 is 0 Å². The number of nitrogens with one attached hydrogen (secondary N) is 2. The van der Waals surface area contributed by atoms with Gasteiger partial charge in [0.1, 0.15) is 0 Å². The summed E-state index contributed by atoms with van der Waals surface area (Å²) in [5.74, 6) is 0.0822. The monoisotopic (exact) mass is 264 g/mol. The molecule has 0 fully saturated rings. The van der Waals surface area contributed by atoms with E-state index in [1.165, 1.54) is 6.92 Å². The second-order valence-corrected chi connectivity index (χ2v) is 4.77. The van der Waals surface area contributed by atoms with E-state index in [1.807, 2.05) is 13.8 Å². The van der Waals surface area contributed by atoms with Crippen molar-refractivity contribution in [1.29, 1.82) is 0 Å². The van der Waals surface area contributed by atoms with E-state index in [9.17, 15) is 9.59 Å². The highest BCUT2D eigenvalue weighted by Crippen LogP contribution is 2.11. The zero-order valence-electron chi connectivity index (χ0n) is 11.4. The Morgan fingerprint density at radius 1 is 1.32 bits per heavy atom. The molecule has 1 atom stereocenters. The number of hydrogen-bond acceptors (Lipinski definition) is 3. The molecular formula is C14H20N2O3. The van der Waals surface area contributed by atoms with Crippen molar-refractivity contribution in [2.24, 2.45) is 5.92 Å². The maximum Gasteiger partial charge on any atom is 0.319 e. The van der Waals surface area contributed by atoms with Gasteiger partial charge in [0.05, 0.1) is 12.6 Å². The number of Topliss-reactive ketones (excluding diaryl/α,β-unsaturated/α-hetero) is 1. The number of carbonyl (C=O) groups excluding carboxylic acids is 2. The van der Waals surface area contributed by atoms with Crippen LogP contribution in [-0.4, -0.2) is 29.6 Å². The summed E-state index contributed by atoms with van der Waals surface area (Å²) in [6.45, 7) is 5.19. The average molecular weight is 264 g/mol.